The molecule has 36 heavy (non-hydrogen) atoms. The number of nitrogens with zero attached hydrogens (tertiary/aromatic N) is 1. The van der Waals surface area contributed by atoms with E-state index in [0.29, 0.717) is 16.7 Å². The second kappa shape index (κ2) is 9.20. The summed E-state index contributed by atoms with van der Waals surface area (Å²) in [6.07, 6.45) is -6.01. The lowest BCUT2D eigenvalue weighted by atomic mass is 10.0. The van der Waals surface area contributed by atoms with Crippen LogP contribution in [-0.2, 0) is 22.9 Å². The van der Waals surface area contributed by atoms with E-state index in [0.717, 1.165) is 49.1 Å². The lowest BCUT2D eigenvalue weighted by molar-refractivity contribution is -0.189. The summed E-state index contributed by atoms with van der Waals surface area (Å²) in [5.74, 6) is -3.09. The predicted molar refractivity (Wildman–Crippen MR) is 121 cm³/mol. The molecule has 3 aromatic carbocycles. The molecule has 0 fully saturated rings. The molecule has 1 unspecified atom stereocenters. The Kier molecular flexibility index (Phi) is 6.54. The number of benzene rings is 3. The Balaban J connectivity index is 1.65. The maximum atomic E-state index is 13.7. The van der Waals surface area contributed by atoms with Gasteiger partial charge in [-0.25, -0.2) is 17.2 Å². The predicted octanol–water partition coefficient (Wildman–Crippen LogP) is 5.52. The van der Waals surface area contributed by atoms with Crippen LogP contribution in [0.1, 0.15) is 28.4 Å². The van der Waals surface area contributed by atoms with E-state index in [2.05, 4.69) is 0 Å². The van der Waals surface area contributed by atoms with E-state index >= 15 is 0 Å². The third-order valence-electron chi connectivity index (χ3n) is 5.84. The Bertz CT molecular complexity index is 1450. The van der Waals surface area contributed by atoms with Gasteiger partial charge in [-0.1, -0.05) is 18.2 Å². The van der Waals surface area contributed by atoms with Gasteiger partial charge in [-0.15, -0.1) is 0 Å². The molecule has 0 spiro atoms. The zero-order valence-electron chi connectivity index (χ0n) is 19.1. The Morgan fingerprint density at radius 2 is 1.56 bits per heavy atom. The van der Waals surface area contributed by atoms with Crippen molar-refractivity contribution >= 4 is 15.7 Å². The van der Waals surface area contributed by atoms with Gasteiger partial charge in [0.2, 0.25) is 0 Å². The molecule has 5 nitrogen and oxygen atoms in total. The van der Waals surface area contributed by atoms with Gasteiger partial charge in [0.1, 0.15) is 5.75 Å². The van der Waals surface area contributed by atoms with Crippen molar-refractivity contribution in [1.82, 2.24) is 4.90 Å². The monoisotopic (exact) mass is 525 g/mol. The van der Waals surface area contributed by atoms with Crippen LogP contribution in [0.3, 0.4) is 0 Å². The molecule has 0 saturated carbocycles. The van der Waals surface area contributed by atoms with Crippen molar-refractivity contribution in [2.45, 2.75) is 37.2 Å². The summed E-state index contributed by atoms with van der Waals surface area (Å²) in [6.45, 7) is 0.969. The molecule has 0 saturated heterocycles. The zero-order valence-corrected chi connectivity index (χ0v) is 19.9. The summed E-state index contributed by atoms with van der Waals surface area (Å²) >= 11 is 0. The van der Waals surface area contributed by atoms with Crippen molar-refractivity contribution in [2.24, 2.45) is 0 Å². The van der Waals surface area contributed by atoms with Crippen LogP contribution in [0.4, 0.5) is 22.0 Å². The van der Waals surface area contributed by atoms with Crippen molar-refractivity contribution in [3.8, 4) is 16.9 Å². The smallest absolute Gasteiger partial charge is 0.425 e. The molecule has 0 aliphatic carbocycles. The Morgan fingerprint density at radius 1 is 0.917 bits per heavy atom. The maximum Gasteiger partial charge on any atom is 0.425 e. The highest BCUT2D eigenvalue weighted by Gasteiger charge is 2.39. The number of rotatable bonds is 5. The third kappa shape index (κ3) is 5.20. The van der Waals surface area contributed by atoms with E-state index in [-0.39, 0.29) is 23.5 Å². The second-order valence-electron chi connectivity index (χ2n) is 8.51. The van der Waals surface area contributed by atoms with Crippen molar-refractivity contribution in [3.05, 3.63) is 82.9 Å². The Hall–Kier alpha value is -3.47. The number of alkyl halides is 3. The zero-order chi connectivity index (χ0) is 26.4. The number of sulfone groups is 1. The van der Waals surface area contributed by atoms with Crippen LogP contribution in [-0.4, -0.2) is 37.8 Å². The summed E-state index contributed by atoms with van der Waals surface area (Å²) in [7, 11) is -3.76. The normalized spacial score (nSPS) is 14.5. The molecule has 3 aromatic rings. The number of hydrogen-bond donors (Lipinski definition) is 0. The SMILES string of the molecule is CC(Oc1ccc(S(C)(=O)=O)cc1C(=O)N1Cc2ccc(-c3ccc(F)c(F)c3)cc2C1)C(F)(F)F. The van der Waals surface area contributed by atoms with Gasteiger partial charge < -0.3 is 9.64 Å². The minimum atomic E-state index is -4.70. The van der Waals surface area contributed by atoms with Crippen molar-refractivity contribution in [1.29, 1.82) is 0 Å². The van der Waals surface area contributed by atoms with Gasteiger partial charge in [-0.2, -0.15) is 13.2 Å². The van der Waals surface area contributed by atoms with Gasteiger partial charge in [0.05, 0.1) is 10.5 Å². The average molecular weight is 525 g/mol. The number of ether oxygens (including phenoxy) is 1. The van der Waals surface area contributed by atoms with Gasteiger partial charge in [-0.3, -0.25) is 4.79 Å². The Morgan fingerprint density at radius 3 is 2.19 bits per heavy atom. The highest BCUT2D eigenvalue weighted by molar-refractivity contribution is 7.90. The Labute approximate surface area is 204 Å². The largest absolute Gasteiger partial charge is 0.480 e. The van der Waals surface area contributed by atoms with Gasteiger partial charge in [0, 0.05) is 19.3 Å². The van der Waals surface area contributed by atoms with Crippen molar-refractivity contribution in [2.75, 3.05) is 6.26 Å². The number of halogens is 5. The van der Waals surface area contributed by atoms with Crippen LogP contribution >= 0.6 is 0 Å². The third-order valence-corrected chi connectivity index (χ3v) is 6.95. The highest BCUT2D eigenvalue weighted by Crippen LogP contribution is 2.34. The number of hydrogen-bond acceptors (Lipinski definition) is 4. The molecule has 1 aliphatic rings. The fraction of sp³-hybridized carbons (Fsp3) is 0.240. The first-order valence-corrected chi connectivity index (χ1v) is 12.6. The van der Waals surface area contributed by atoms with Crippen LogP contribution in [0.25, 0.3) is 11.1 Å². The minimum absolute atomic E-state index is 0.0725. The van der Waals surface area contributed by atoms with E-state index in [1.54, 1.807) is 18.2 Å². The second-order valence-corrected chi connectivity index (χ2v) is 10.5. The molecule has 1 heterocycles. The van der Waals surface area contributed by atoms with E-state index in [4.69, 9.17) is 4.74 Å². The summed E-state index contributed by atoms with van der Waals surface area (Å²) in [6, 6.07) is 11.7. The van der Waals surface area contributed by atoms with Gasteiger partial charge in [0.15, 0.2) is 27.6 Å². The number of fused-ring (bicyclic) bond motifs is 1. The molecule has 0 N–H and O–H groups in total. The summed E-state index contributed by atoms with van der Waals surface area (Å²) in [4.78, 5) is 14.5. The van der Waals surface area contributed by atoms with E-state index in [9.17, 15) is 35.2 Å². The first-order chi connectivity index (χ1) is 16.7. The fourth-order valence-electron chi connectivity index (χ4n) is 3.83. The quantitative estimate of drug-likeness (QED) is 0.412. The number of amides is 1. The highest BCUT2D eigenvalue weighted by atomic mass is 32.2. The molecular weight excluding hydrogens is 505 g/mol. The molecule has 11 heteroatoms. The standard InChI is InChI=1S/C25H20F5NO4S/c1-14(25(28,29)30)35-23-8-6-19(36(2,33)34)11-20(23)24(32)31-12-17-4-3-15(9-18(17)13-31)16-5-7-21(26)22(27)10-16/h3-11,14H,12-13H2,1-2H3. The molecule has 1 atom stereocenters. The molecule has 4 rings (SSSR count). The first kappa shape index (κ1) is 25.6. The van der Waals surface area contributed by atoms with Gasteiger partial charge >= 0.3 is 6.18 Å². The molecule has 0 aromatic heterocycles. The topological polar surface area (TPSA) is 63.7 Å². The molecule has 0 bridgehead atoms. The first-order valence-electron chi connectivity index (χ1n) is 10.7. The average Bonchev–Trinajstić information content (AvgIpc) is 3.22. The maximum absolute atomic E-state index is 13.7. The summed E-state index contributed by atoms with van der Waals surface area (Å²) < 4.78 is 95.2. The van der Waals surface area contributed by atoms with Gasteiger partial charge in [0.25, 0.3) is 5.91 Å². The molecular formula is C25H20F5NO4S. The molecule has 0 radical (unpaired) electrons. The van der Waals surface area contributed by atoms with E-state index in [1.165, 1.54) is 11.0 Å². The van der Waals surface area contributed by atoms with Crippen LogP contribution in [0.2, 0.25) is 0 Å². The summed E-state index contributed by atoms with van der Waals surface area (Å²) in [5.41, 5.74) is 2.15. The molecule has 190 valence electrons. The van der Waals surface area contributed by atoms with E-state index in [1.807, 2.05) is 0 Å². The van der Waals surface area contributed by atoms with Crippen molar-refractivity contribution < 1.29 is 39.9 Å². The van der Waals surface area contributed by atoms with Crippen LogP contribution in [0.5, 0.6) is 5.75 Å². The van der Waals surface area contributed by atoms with Crippen LogP contribution in [0.15, 0.2) is 59.5 Å². The van der Waals surface area contributed by atoms with Gasteiger partial charge in [-0.05, 0) is 65.6 Å². The van der Waals surface area contributed by atoms with Crippen LogP contribution < -0.4 is 4.74 Å². The van der Waals surface area contributed by atoms with Crippen molar-refractivity contribution in [3.63, 3.8) is 0 Å². The number of carbonyl (C=O) groups excluding carboxylic acids is 1. The molecule has 1 amide bonds. The van der Waals surface area contributed by atoms with Crippen LogP contribution in [0, 0.1) is 11.6 Å². The lowest BCUT2D eigenvalue weighted by Crippen LogP contribution is -2.32. The molecule has 1 aliphatic heterocycles. The van der Waals surface area contributed by atoms with E-state index < -0.39 is 45.4 Å². The fourth-order valence-corrected chi connectivity index (χ4v) is 4.48. The lowest BCUT2D eigenvalue weighted by Gasteiger charge is -2.22. The minimum Gasteiger partial charge on any atom is -0.480 e. The number of carbonyl (C=O) groups is 1. The summed E-state index contributed by atoms with van der Waals surface area (Å²) in [5, 5.41) is 0.